The molecule has 0 radical (unpaired) electrons. The number of thiazole rings is 1. The lowest BCUT2D eigenvalue weighted by Gasteiger charge is -2.08. The fourth-order valence-corrected chi connectivity index (χ4v) is 3.30. The quantitative estimate of drug-likeness (QED) is 0.519. The highest BCUT2D eigenvalue weighted by Crippen LogP contribution is 2.21. The molecule has 0 atom stereocenters. The van der Waals surface area contributed by atoms with Gasteiger partial charge in [-0.15, -0.1) is 11.3 Å². The Morgan fingerprint density at radius 1 is 1.17 bits per heavy atom. The maximum Gasteiger partial charge on any atom is 0.244 e. The lowest BCUT2D eigenvalue weighted by Crippen LogP contribution is -2.20. The SMILES string of the molecule is CCOc1cccc(CNC(=O)/C=C/c2ccccc2OCc2csc(C)n2)c1. The van der Waals surface area contributed by atoms with Gasteiger partial charge in [-0.2, -0.15) is 0 Å². The van der Waals surface area contributed by atoms with Crippen LogP contribution < -0.4 is 14.8 Å². The van der Waals surface area contributed by atoms with Crippen molar-refractivity contribution in [2.24, 2.45) is 0 Å². The molecule has 0 saturated heterocycles. The molecule has 150 valence electrons. The van der Waals surface area contributed by atoms with Crippen LogP contribution in [0.2, 0.25) is 0 Å². The molecule has 1 aromatic heterocycles. The van der Waals surface area contributed by atoms with Crippen LogP contribution in [0.15, 0.2) is 60.0 Å². The number of ether oxygens (including phenoxy) is 2. The molecular formula is C23H24N2O3S. The molecule has 0 spiro atoms. The summed E-state index contributed by atoms with van der Waals surface area (Å²) in [5.74, 6) is 1.35. The number of para-hydroxylation sites is 1. The van der Waals surface area contributed by atoms with Crippen LogP contribution in [-0.4, -0.2) is 17.5 Å². The van der Waals surface area contributed by atoms with Gasteiger partial charge in [0.2, 0.25) is 5.91 Å². The highest BCUT2D eigenvalue weighted by atomic mass is 32.1. The van der Waals surface area contributed by atoms with Crippen molar-refractivity contribution in [1.29, 1.82) is 0 Å². The Kier molecular flexibility index (Phi) is 7.41. The predicted octanol–water partition coefficient (Wildman–Crippen LogP) is 4.76. The zero-order valence-electron chi connectivity index (χ0n) is 16.6. The second-order valence-electron chi connectivity index (χ2n) is 6.32. The van der Waals surface area contributed by atoms with E-state index in [4.69, 9.17) is 9.47 Å². The first-order valence-electron chi connectivity index (χ1n) is 9.44. The highest BCUT2D eigenvalue weighted by Gasteiger charge is 2.04. The maximum absolute atomic E-state index is 12.2. The Morgan fingerprint density at radius 3 is 2.83 bits per heavy atom. The van der Waals surface area contributed by atoms with E-state index in [1.54, 1.807) is 17.4 Å². The molecule has 0 fully saturated rings. The third-order valence-electron chi connectivity index (χ3n) is 4.05. The first-order chi connectivity index (χ1) is 14.1. The minimum Gasteiger partial charge on any atom is -0.494 e. The van der Waals surface area contributed by atoms with E-state index in [0.717, 1.165) is 27.6 Å². The number of hydrogen-bond donors (Lipinski definition) is 1. The number of nitrogens with one attached hydrogen (secondary N) is 1. The van der Waals surface area contributed by atoms with Gasteiger partial charge in [0.15, 0.2) is 0 Å². The molecule has 0 aliphatic rings. The summed E-state index contributed by atoms with van der Waals surface area (Å²) in [6.45, 7) is 5.36. The summed E-state index contributed by atoms with van der Waals surface area (Å²) >= 11 is 1.60. The van der Waals surface area contributed by atoms with Crippen LogP contribution in [0.1, 0.15) is 28.8 Å². The van der Waals surface area contributed by atoms with Crippen molar-refractivity contribution in [3.05, 3.63) is 81.8 Å². The largest absolute Gasteiger partial charge is 0.494 e. The van der Waals surface area contributed by atoms with E-state index in [2.05, 4.69) is 10.3 Å². The number of hydrogen-bond acceptors (Lipinski definition) is 5. The van der Waals surface area contributed by atoms with Gasteiger partial charge in [-0.25, -0.2) is 4.98 Å². The molecule has 1 N–H and O–H groups in total. The van der Waals surface area contributed by atoms with E-state index >= 15 is 0 Å². The molecule has 1 heterocycles. The molecule has 0 unspecified atom stereocenters. The normalized spacial score (nSPS) is 10.8. The van der Waals surface area contributed by atoms with Crippen molar-refractivity contribution in [3.8, 4) is 11.5 Å². The van der Waals surface area contributed by atoms with Crippen LogP contribution in [0, 0.1) is 6.92 Å². The van der Waals surface area contributed by atoms with E-state index in [-0.39, 0.29) is 5.91 Å². The number of carbonyl (C=O) groups excluding carboxylic acids is 1. The van der Waals surface area contributed by atoms with Crippen molar-refractivity contribution < 1.29 is 14.3 Å². The number of rotatable bonds is 9. The Labute approximate surface area is 175 Å². The van der Waals surface area contributed by atoms with Crippen molar-refractivity contribution in [2.45, 2.75) is 27.0 Å². The average Bonchev–Trinajstić information content (AvgIpc) is 3.15. The predicted molar refractivity (Wildman–Crippen MR) is 116 cm³/mol. The van der Waals surface area contributed by atoms with Gasteiger partial charge in [-0.05, 0) is 43.7 Å². The number of benzene rings is 2. The van der Waals surface area contributed by atoms with Gasteiger partial charge < -0.3 is 14.8 Å². The molecule has 0 aliphatic heterocycles. The number of carbonyl (C=O) groups is 1. The zero-order chi connectivity index (χ0) is 20.5. The minimum atomic E-state index is -0.170. The third kappa shape index (κ3) is 6.47. The van der Waals surface area contributed by atoms with Crippen molar-refractivity contribution in [2.75, 3.05) is 6.61 Å². The van der Waals surface area contributed by atoms with Gasteiger partial charge in [0.05, 0.1) is 17.3 Å². The fourth-order valence-electron chi connectivity index (χ4n) is 2.70. The summed E-state index contributed by atoms with van der Waals surface area (Å²) in [7, 11) is 0. The molecule has 3 rings (SSSR count). The van der Waals surface area contributed by atoms with E-state index < -0.39 is 0 Å². The van der Waals surface area contributed by atoms with E-state index in [1.807, 2.05) is 67.8 Å². The Balaban J connectivity index is 1.56. The number of amides is 1. The van der Waals surface area contributed by atoms with E-state index in [0.29, 0.717) is 25.5 Å². The van der Waals surface area contributed by atoms with Crippen molar-refractivity contribution >= 4 is 23.3 Å². The Morgan fingerprint density at radius 2 is 2.03 bits per heavy atom. The van der Waals surface area contributed by atoms with Crippen LogP contribution in [0.4, 0.5) is 0 Å². The average molecular weight is 409 g/mol. The molecule has 0 saturated carbocycles. The monoisotopic (exact) mass is 408 g/mol. The third-order valence-corrected chi connectivity index (χ3v) is 4.87. The van der Waals surface area contributed by atoms with Gasteiger partial charge >= 0.3 is 0 Å². The number of nitrogens with zero attached hydrogens (tertiary/aromatic N) is 1. The summed E-state index contributed by atoms with van der Waals surface area (Å²) in [4.78, 5) is 16.6. The molecule has 3 aromatic rings. The lowest BCUT2D eigenvalue weighted by molar-refractivity contribution is -0.116. The molecule has 29 heavy (non-hydrogen) atoms. The van der Waals surface area contributed by atoms with Crippen LogP contribution >= 0.6 is 11.3 Å². The molecular weight excluding hydrogens is 384 g/mol. The molecule has 6 heteroatoms. The fraction of sp³-hybridized carbons (Fsp3) is 0.217. The summed E-state index contributed by atoms with van der Waals surface area (Å²) in [6.07, 6.45) is 3.27. The first-order valence-corrected chi connectivity index (χ1v) is 10.3. The summed E-state index contributed by atoms with van der Waals surface area (Å²) in [5.41, 5.74) is 2.73. The molecule has 5 nitrogen and oxygen atoms in total. The second kappa shape index (κ2) is 10.4. The van der Waals surface area contributed by atoms with Gasteiger partial charge in [-0.3, -0.25) is 4.79 Å². The van der Waals surface area contributed by atoms with Gasteiger partial charge in [0, 0.05) is 23.6 Å². The summed E-state index contributed by atoms with van der Waals surface area (Å²) < 4.78 is 11.4. The van der Waals surface area contributed by atoms with Crippen LogP contribution in [0.5, 0.6) is 11.5 Å². The topological polar surface area (TPSA) is 60.5 Å². The number of aromatic nitrogens is 1. The molecule has 2 aromatic carbocycles. The first kappa shape index (κ1) is 20.6. The highest BCUT2D eigenvalue weighted by molar-refractivity contribution is 7.09. The van der Waals surface area contributed by atoms with Gasteiger partial charge in [-0.1, -0.05) is 30.3 Å². The van der Waals surface area contributed by atoms with E-state index in [9.17, 15) is 4.79 Å². The summed E-state index contributed by atoms with van der Waals surface area (Å²) in [5, 5.41) is 5.89. The van der Waals surface area contributed by atoms with E-state index in [1.165, 1.54) is 6.08 Å². The smallest absolute Gasteiger partial charge is 0.244 e. The lowest BCUT2D eigenvalue weighted by atomic mass is 10.2. The Bertz CT molecular complexity index is 982. The molecule has 0 aliphatic carbocycles. The van der Waals surface area contributed by atoms with Gasteiger partial charge in [0.25, 0.3) is 0 Å². The Hall–Kier alpha value is -3.12. The number of aryl methyl sites for hydroxylation is 1. The standard InChI is InChI=1S/C23H24N2O3S/c1-3-27-21-9-6-7-18(13-21)14-24-23(26)12-11-19-8-4-5-10-22(19)28-15-20-16-29-17(2)25-20/h4-13,16H,3,14-15H2,1-2H3,(H,24,26)/b12-11+. The molecule has 1 amide bonds. The maximum atomic E-state index is 12.2. The van der Waals surface area contributed by atoms with Crippen molar-refractivity contribution in [3.63, 3.8) is 0 Å². The molecule has 0 bridgehead atoms. The minimum absolute atomic E-state index is 0.170. The summed E-state index contributed by atoms with van der Waals surface area (Å²) in [6, 6.07) is 15.3. The van der Waals surface area contributed by atoms with Gasteiger partial charge in [0.1, 0.15) is 18.1 Å². The van der Waals surface area contributed by atoms with Crippen LogP contribution in [0.25, 0.3) is 6.08 Å². The van der Waals surface area contributed by atoms with Crippen LogP contribution in [-0.2, 0) is 17.9 Å². The zero-order valence-corrected chi connectivity index (χ0v) is 17.4. The van der Waals surface area contributed by atoms with Crippen LogP contribution in [0.3, 0.4) is 0 Å². The second-order valence-corrected chi connectivity index (χ2v) is 7.38. The van der Waals surface area contributed by atoms with Crippen molar-refractivity contribution in [1.82, 2.24) is 10.3 Å².